The zero-order valence-electron chi connectivity index (χ0n) is 14.5. The SMILES string of the molecule is Cc1ccccc1/C=C/c1ccc(C)c(NC(=O)c2ccccc2)c1. The number of carbonyl (C=O) groups is 1. The van der Waals surface area contributed by atoms with Crippen molar-refractivity contribution >= 4 is 23.7 Å². The molecule has 2 nitrogen and oxygen atoms in total. The van der Waals surface area contributed by atoms with E-state index in [2.05, 4.69) is 42.6 Å². The molecule has 0 aliphatic heterocycles. The first-order chi connectivity index (χ1) is 12.1. The molecule has 0 unspecified atom stereocenters. The third kappa shape index (κ3) is 4.24. The quantitative estimate of drug-likeness (QED) is 0.609. The van der Waals surface area contributed by atoms with Crippen LogP contribution in [-0.4, -0.2) is 5.91 Å². The molecule has 2 heteroatoms. The van der Waals surface area contributed by atoms with Crippen LogP contribution in [0.1, 0.15) is 32.6 Å². The zero-order chi connectivity index (χ0) is 17.6. The van der Waals surface area contributed by atoms with Crippen LogP contribution in [0.5, 0.6) is 0 Å². The van der Waals surface area contributed by atoms with Crippen LogP contribution in [0.4, 0.5) is 5.69 Å². The number of aryl methyl sites for hydroxylation is 2. The molecule has 1 amide bonds. The first-order valence-corrected chi connectivity index (χ1v) is 8.34. The van der Waals surface area contributed by atoms with E-state index < -0.39 is 0 Å². The molecular formula is C23H21NO. The molecule has 3 aromatic rings. The number of hydrogen-bond donors (Lipinski definition) is 1. The van der Waals surface area contributed by atoms with Gasteiger partial charge in [-0.15, -0.1) is 0 Å². The molecule has 0 radical (unpaired) electrons. The van der Waals surface area contributed by atoms with Crippen LogP contribution in [-0.2, 0) is 0 Å². The van der Waals surface area contributed by atoms with Crippen LogP contribution >= 0.6 is 0 Å². The minimum Gasteiger partial charge on any atom is -0.322 e. The lowest BCUT2D eigenvalue weighted by Crippen LogP contribution is -2.12. The smallest absolute Gasteiger partial charge is 0.255 e. The van der Waals surface area contributed by atoms with Gasteiger partial charge >= 0.3 is 0 Å². The Hall–Kier alpha value is -3.13. The highest BCUT2D eigenvalue weighted by atomic mass is 16.1. The molecule has 0 heterocycles. The summed E-state index contributed by atoms with van der Waals surface area (Å²) < 4.78 is 0. The predicted octanol–water partition coefficient (Wildman–Crippen LogP) is 5.73. The van der Waals surface area contributed by atoms with Crippen LogP contribution in [0, 0.1) is 13.8 Å². The van der Waals surface area contributed by atoms with Crippen molar-refractivity contribution in [3.05, 3.63) is 101 Å². The van der Waals surface area contributed by atoms with Crippen LogP contribution < -0.4 is 5.32 Å². The lowest BCUT2D eigenvalue weighted by molar-refractivity contribution is 0.102. The standard InChI is InChI=1S/C23H21NO/c1-17-8-6-7-9-20(17)15-14-19-13-12-18(2)22(16-19)24-23(25)21-10-4-3-5-11-21/h3-16H,1-2H3,(H,24,25)/b15-14+. The van der Waals surface area contributed by atoms with Gasteiger partial charge in [0.1, 0.15) is 0 Å². The molecule has 25 heavy (non-hydrogen) atoms. The van der Waals surface area contributed by atoms with Crippen LogP contribution in [0.2, 0.25) is 0 Å². The summed E-state index contributed by atoms with van der Waals surface area (Å²) in [6.45, 7) is 4.09. The van der Waals surface area contributed by atoms with Gasteiger partial charge in [0.2, 0.25) is 0 Å². The second-order valence-corrected chi connectivity index (χ2v) is 6.08. The van der Waals surface area contributed by atoms with Gasteiger partial charge in [0.05, 0.1) is 0 Å². The fraction of sp³-hybridized carbons (Fsp3) is 0.0870. The Labute approximate surface area is 148 Å². The molecule has 0 saturated carbocycles. The number of benzene rings is 3. The Morgan fingerprint density at radius 3 is 2.28 bits per heavy atom. The summed E-state index contributed by atoms with van der Waals surface area (Å²) in [5, 5.41) is 3.00. The Kier molecular flexibility index (Phi) is 5.10. The number of carbonyl (C=O) groups excluding carboxylic acids is 1. The highest BCUT2D eigenvalue weighted by Crippen LogP contribution is 2.20. The van der Waals surface area contributed by atoms with Gasteiger partial charge in [-0.05, 0) is 54.3 Å². The van der Waals surface area contributed by atoms with E-state index in [-0.39, 0.29) is 5.91 Å². The van der Waals surface area contributed by atoms with Crippen molar-refractivity contribution < 1.29 is 4.79 Å². The van der Waals surface area contributed by atoms with Gasteiger partial charge in [-0.25, -0.2) is 0 Å². The van der Waals surface area contributed by atoms with Crippen molar-refractivity contribution in [3.63, 3.8) is 0 Å². The minimum atomic E-state index is -0.0938. The summed E-state index contributed by atoms with van der Waals surface area (Å²) in [7, 11) is 0. The summed E-state index contributed by atoms with van der Waals surface area (Å²) in [5.74, 6) is -0.0938. The van der Waals surface area contributed by atoms with Gasteiger partial charge in [-0.1, -0.05) is 66.7 Å². The van der Waals surface area contributed by atoms with Gasteiger partial charge in [0, 0.05) is 11.3 Å². The van der Waals surface area contributed by atoms with E-state index >= 15 is 0 Å². The largest absolute Gasteiger partial charge is 0.322 e. The Morgan fingerprint density at radius 1 is 0.800 bits per heavy atom. The maximum Gasteiger partial charge on any atom is 0.255 e. The highest BCUT2D eigenvalue weighted by molar-refractivity contribution is 6.04. The van der Waals surface area contributed by atoms with Crippen molar-refractivity contribution in [2.24, 2.45) is 0 Å². The van der Waals surface area contributed by atoms with E-state index in [1.165, 1.54) is 11.1 Å². The summed E-state index contributed by atoms with van der Waals surface area (Å²) in [6, 6.07) is 23.6. The molecule has 0 aliphatic rings. The number of anilines is 1. The molecule has 0 aromatic heterocycles. The molecule has 3 aromatic carbocycles. The second-order valence-electron chi connectivity index (χ2n) is 6.08. The first-order valence-electron chi connectivity index (χ1n) is 8.34. The first kappa shape index (κ1) is 16.7. The topological polar surface area (TPSA) is 29.1 Å². The van der Waals surface area contributed by atoms with E-state index in [0.717, 1.165) is 16.8 Å². The molecule has 124 valence electrons. The fourth-order valence-corrected chi connectivity index (χ4v) is 2.62. The predicted molar refractivity (Wildman–Crippen MR) is 106 cm³/mol. The van der Waals surface area contributed by atoms with E-state index in [4.69, 9.17) is 0 Å². The van der Waals surface area contributed by atoms with E-state index in [0.29, 0.717) is 5.56 Å². The highest BCUT2D eigenvalue weighted by Gasteiger charge is 2.07. The van der Waals surface area contributed by atoms with Gasteiger partial charge in [-0.2, -0.15) is 0 Å². The second kappa shape index (κ2) is 7.63. The van der Waals surface area contributed by atoms with Gasteiger partial charge in [0.15, 0.2) is 0 Å². The van der Waals surface area contributed by atoms with E-state index in [9.17, 15) is 4.79 Å². The van der Waals surface area contributed by atoms with Crippen LogP contribution in [0.3, 0.4) is 0 Å². The lowest BCUT2D eigenvalue weighted by Gasteiger charge is -2.09. The molecule has 0 bridgehead atoms. The molecule has 0 spiro atoms. The molecular weight excluding hydrogens is 306 g/mol. The average Bonchev–Trinajstić information content (AvgIpc) is 2.64. The molecule has 0 fully saturated rings. The fourth-order valence-electron chi connectivity index (χ4n) is 2.62. The van der Waals surface area contributed by atoms with Crippen molar-refractivity contribution in [1.82, 2.24) is 0 Å². The summed E-state index contributed by atoms with van der Waals surface area (Å²) in [5.41, 5.74) is 6.01. The molecule has 3 rings (SSSR count). The van der Waals surface area contributed by atoms with Crippen molar-refractivity contribution in [2.45, 2.75) is 13.8 Å². The zero-order valence-corrected chi connectivity index (χ0v) is 14.5. The lowest BCUT2D eigenvalue weighted by atomic mass is 10.1. The van der Waals surface area contributed by atoms with Gasteiger partial charge in [0.25, 0.3) is 5.91 Å². The molecule has 1 N–H and O–H groups in total. The van der Waals surface area contributed by atoms with E-state index in [1.807, 2.05) is 61.5 Å². The van der Waals surface area contributed by atoms with Gasteiger partial charge < -0.3 is 5.32 Å². The third-order valence-corrected chi connectivity index (χ3v) is 4.19. The van der Waals surface area contributed by atoms with Gasteiger partial charge in [-0.3, -0.25) is 4.79 Å². The summed E-state index contributed by atoms with van der Waals surface area (Å²) in [4.78, 5) is 12.4. The monoisotopic (exact) mass is 327 g/mol. The maximum absolute atomic E-state index is 12.4. The van der Waals surface area contributed by atoms with Crippen LogP contribution in [0.15, 0.2) is 72.8 Å². The summed E-state index contributed by atoms with van der Waals surface area (Å²) in [6.07, 6.45) is 4.17. The van der Waals surface area contributed by atoms with Crippen molar-refractivity contribution in [3.8, 4) is 0 Å². The number of hydrogen-bond acceptors (Lipinski definition) is 1. The summed E-state index contributed by atoms with van der Waals surface area (Å²) >= 11 is 0. The Morgan fingerprint density at radius 2 is 1.52 bits per heavy atom. The number of amides is 1. The minimum absolute atomic E-state index is 0.0938. The Bertz CT molecular complexity index is 910. The maximum atomic E-state index is 12.4. The van der Waals surface area contributed by atoms with E-state index in [1.54, 1.807) is 0 Å². The molecule has 0 aliphatic carbocycles. The normalized spacial score (nSPS) is 10.8. The average molecular weight is 327 g/mol. The van der Waals surface area contributed by atoms with Crippen molar-refractivity contribution in [2.75, 3.05) is 5.32 Å². The third-order valence-electron chi connectivity index (χ3n) is 4.19. The van der Waals surface area contributed by atoms with Crippen LogP contribution in [0.25, 0.3) is 12.2 Å². The Balaban J connectivity index is 1.81. The number of nitrogens with one attached hydrogen (secondary N) is 1. The van der Waals surface area contributed by atoms with Crippen molar-refractivity contribution in [1.29, 1.82) is 0 Å². The molecule has 0 atom stereocenters. The number of rotatable bonds is 4. The molecule has 0 saturated heterocycles.